The Bertz CT molecular complexity index is 1290. The molecule has 9 nitrogen and oxygen atoms in total. The number of hydrogen-bond acceptors (Lipinski definition) is 7. The van der Waals surface area contributed by atoms with Crippen molar-refractivity contribution in [2.75, 3.05) is 0 Å². The SMILES string of the molecule is O=C(N[C@@H](Cc1ccccc1)C[C@H](O)[C@H](Cc1ccccc1)NC(=O)OCc1ccoc1)OCc1cccnc1. The Morgan fingerprint density at radius 3 is 2.02 bits per heavy atom. The monoisotopic (exact) mass is 543 g/mol. The molecule has 0 unspecified atom stereocenters. The highest BCUT2D eigenvalue weighted by Gasteiger charge is 2.27. The van der Waals surface area contributed by atoms with Crippen molar-refractivity contribution in [3.8, 4) is 0 Å². The maximum atomic E-state index is 12.7. The molecule has 2 aromatic carbocycles. The normalized spacial score (nSPS) is 13.0. The molecule has 4 rings (SSSR count). The van der Waals surface area contributed by atoms with Gasteiger partial charge >= 0.3 is 12.2 Å². The van der Waals surface area contributed by atoms with E-state index in [0.29, 0.717) is 18.4 Å². The van der Waals surface area contributed by atoms with Crippen LogP contribution in [0, 0.1) is 0 Å². The van der Waals surface area contributed by atoms with Gasteiger partial charge in [-0.05, 0) is 42.5 Å². The first-order valence-electron chi connectivity index (χ1n) is 13.1. The zero-order valence-corrected chi connectivity index (χ0v) is 22.0. The Labute approximate surface area is 233 Å². The van der Waals surface area contributed by atoms with Crippen molar-refractivity contribution in [1.82, 2.24) is 15.6 Å². The van der Waals surface area contributed by atoms with Gasteiger partial charge in [0.15, 0.2) is 0 Å². The summed E-state index contributed by atoms with van der Waals surface area (Å²) >= 11 is 0. The number of nitrogens with zero attached hydrogens (tertiary/aromatic N) is 1. The molecule has 3 atom stereocenters. The smallest absolute Gasteiger partial charge is 0.407 e. The van der Waals surface area contributed by atoms with Gasteiger partial charge in [-0.25, -0.2) is 9.59 Å². The summed E-state index contributed by atoms with van der Waals surface area (Å²) in [4.78, 5) is 29.4. The maximum Gasteiger partial charge on any atom is 0.407 e. The average molecular weight is 544 g/mol. The Kier molecular flexibility index (Phi) is 10.7. The summed E-state index contributed by atoms with van der Waals surface area (Å²) in [6.07, 6.45) is 4.99. The molecular formula is C31H33N3O6. The largest absolute Gasteiger partial charge is 0.472 e. The summed E-state index contributed by atoms with van der Waals surface area (Å²) in [6.45, 7) is 0.110. The van der Waals surface area contributed by atoms with E-state index in [-0.39, 0.29) is 19.6 Å². The molecule has 2 amide bonds. The van der Waals surface area contributed by atoms with Gasteiger partial charge in [-0.3, -0.25) is 4.98 Å². The Hall–Kier alpha value is -4.63. The lowest BCUT2D eigenvalue weighted by Crippen LogP contribution is -2.48. The molecule has 9 heteroatoms. The number of nitrogens with one attached hydrogen (secondary N) is 2. The summed E-state index contributed by atoms with van der Waals surface area (Å²) in [5, 5.41) is 17.0. The molecule has 40 heavy (non-hydrogen) atoms. The van der Waals surface area contributed by atoms with Gasteiger partial charge < -0.3 is 29.6 Å². The van der Waals surface area contributed by atoms with E-state index in [1.54, 1.807) is 24.5 Å². The highest BCUT2D eigenvalue weighted by atomic mass is 16.6. The Morgan fingerprint density at radius 1 is 0.775 bits per heavy atom. The number of pyridine rings is 1. The van der Waals surface area contributed by atoms with Crippen LogP contribution in [-0.2, 0) is 35.5 Å². The van der Waals surface area contributed by atoms with Crippen LogP contribution in [-0.4, -0.2) is 40.5 Å². The lowest BCUT2D eigenvalue weighted by Gasteiger charge is -2.28. The van der Waals surface area contributed by atoms with Crippen LogP contribution in [0.2, 0.25) is 0 Å². The van der Waals surface area contributed by atoms with Crippen LogP contribution in [0.4, 0.5) is 9.59 Å². The molecule has 0 aliphatic rings. The fourth-order valence-corrected chi connectivity index (χ4v) is 4.26. The van der Waals surface area contributed by atoms with Crippen molar-refractivity contribution in [3.05, 3.63) is 126 Å². The zero-order valence-electron chi connectivity index (χ0n) is 22.0. The van der Waals surface area contributed by atoms with E-state index >= 15 is 0 Å². The second kappa shape index (κ2) is 15.1. The molecule has 0 saturated carbocycles. The molecule has 2 aromatic heterocycles. The number of ether oxygens (including phenoxy) is 2. The summed E-state index contributed by atoms with van der Waals surface area (Å²) < 4.78 is 15.7. The maximum absolute atomic E-state index is 12.7. The topological polar surface area (TPSA) is 123 Å². The second-order valence-corrected chi connectivity index (χ2v) is 9.42. The molecule has 208 valence electrons. The van der Waals surface area contributed by atoms with Crippen molar-refractivity contribution in [2.45, 2.75) is 50.7 Å². The second-order valence-electron chi connectivity index (χ2n) is 9.42. The molecule has 0 fully saturated rings. The van der Waals surface area contributed by atoms with Crippen LogP contribution in [0.15, 0.2) is 108 Å². The van der Waals surface area contributed by atoms with Gasteiger partial charge in [0.2, 0.25) is 0 Å². The van der Waals surface area contributed by atoms with E-state index in [4.69, 9.17) is 13.9 Å². The number of furan rings is 1. The molecule has 0 spiro atoms. The summed E-state index contributed by atoms with van der Waals surface area (Å²) in [5.41, 5.74) is 3.40. The van der Waals surface area contributed by atoms with E-state index in [1.165, 1.54) is 12.5 Å². The summed E-state index contributed by atoms with van der Waals surface area (Å²) in [7, 11) is 0. The molecule has 0 aliphatic carbocycles. The Morgan fingerprint density at radius 2 is 1.40 bits per heavy atom. The number of rotatable bonds is 13. The van der Waals surface area contributed by atoms with Crippen LogP contribution < -0.4 is 10.6 Å². The van der Waals surface area contributed by atoms with Gasteiger partial charge in [-0.15, -0.1) is 0 Å². The molecule has 0 radical (unpaired) electrons. The fraction of sp³-hybridized carbons (Fsp3) is 0.258. The molecule has 2 heterocycles. The average Bonchev–Trinajstić information content (AvgIpc) is 3.50. The first kappa shape index (κ1) is 28.4. The highest BCUT2D eigenvalue weighted by Crippen LogP contribution is 2.15. The first-order chi connectivity index (χ1) is 19.5. The standard InChI is InChI=1S/C31H33N3O6/c35-29(28(17-24-10-5-2-6-11-24)34-31(37)40-22-26-13-15-38-20-26)18-27(16-23-8-3-1-4-9-23)33-30(36)39-21-25-12-7-14-32-19-25/h1-15,19-20,27-29,35H,16-18,21-22H2,(H,33,36)(H,34,37)/t27-,28-,29-/m0/s1. The van der Waals surface area contributed by atoms with Gasteiger partial charge in [-0.1, -0.05) is 66.7 Å². The first-order valence-corrected chi connectivity index (χ1v) is 13.1. The summed E-state index contributed by atoms with van der Waals surface area (Å²) in [5.74, 6) is 0. The van der Waals surface area contributed by atoms with Crippen LogP contribution >= 0.6 is 0 Å². The van der Waals surface area contributed by atoms with Crippen molar-refractivity contribution in [1.29, 1.82) is 0 Å². The quantitative estimate of drug-likeness (QED) is 0.221. The number of carbonyl (C=O) groups excluding carboxylic acids is 2. The number of amides is 2. The third-order valence-electron chi connectivity index (χ3n) is 6.28. The van der Waals surface area contributed by atoms with Crippen LogP contribution in [0.1, 0.15) is 28.7 Å². The van der Waals surface area contributed by atoms with Crippen molar-refractivity contribution in [3.63, 3.8) is 0 Å². The van der Waals surface area contributed by atoms with Gasteiger partial charge in [-0.2, -0.15) is 0 Å². The minimum absolute atomic E-state index is 0.0391. The molecule has 0 saturated heterocycles. The third-order valence-corrected chi connectivity index (χ3v) is 6.28. The van der Waals surface area contributed by atoms with E-state index in [9.17, 15) is 14.7 Å². The predicted molar refractivity (Wildman–Crippen MR) is 148 cm³/mol. The van der Waals surface area contributed by atoms with E-state index in [1.807, 2.05) is 66.7 Å². The van der Waals surface area contributed by atoms with Crippen LogP contribution in [0.25, 0.3) is 0 Å². The lowest BCUT2D eigenvalue weighted by molar-refractivity contribution is 0.0860. The number of aliphatic hydroxyl groups is 1. The van der Waals surface area contributed by atoms with Crippen molar-refractivity contribution >= 4 is 12.2 Å². The van der Waals surface area contributed by atoms with E-state index < -0.39 is 30.4 Å². The zero-order chi connectivity index (χ0) is 28.0. The minimum atomic E-state index is -1.01. The number of hydrogen-bond donors (Lipinski definition) is 3. The summed E-state index contributed by atoms with van der Waals surface area (Å²) in [6, 6.07) is 23.3. The van der Waals surface area contributed by atoms with Crippen molar-refractivity contribution in [2.24, 2.45) is 0 Å². The number of benzene rings is 2. The fourth-order valence-electron chi connectivity index (χ4n) is 4.26. The number of aromatic nitrogens is 1. The van der Waals surface area contributed by atoms with Gasteiger partial charge in [0.1, 0.15) is 13.2 Å². The lowest BCUT2D eigenvalue weighted by atomic mass is 9.94. The van der Waals surface area contributed by atoms with Gasteiger partial charge in [0.25, 0.3) is 0 Å². The predicted octanol–water partition coefficient (Wildman–Crippen LogP) is 4.80. The highest BCUT2D eigenvalue weighted by molar-refractivity contribution is 5.68. The van der Waals surface area contributed by atoms with Crippen LogP contribution in [0.5, 0.6) is 0 Å². The van der Waals surface area contributed by atoms with Gasteiger partial charge in [0, 0.05) is 29.6 Å². The molecule has 0 aliphatic heterocycles. The number of alkyl carbamates (subject to hydrolysis) is 2. The number of aliphatic hydroxyl groups excluding tert-OH is 1. The molecule has 4 aromatic rings. The van der Waals surface area contributed by atoms with E-state index in [0.717, 1.165) is 16.7 Å². The Balaban J connectivity index is 1.43. The molecule has 0 bridgehead atoms. The molecular weight excluding hydrogens is 510 g/mol. The van der Waals surface area contributed by atoms with E-state index in [2.05, 4.69) is 15.6 Å². The third kappa shape index (κ3) is 9.59. The van der Waals surface area contributed by atoms with Crippen molar-refractivity contribution < 1.29 is 28.6 Å². The number of carbonyl (C=O) groups is 2. The van der Waals surface area contributed by atoms with Crippen LogP contribution in [0.3, 0.4) is 0 Å². The van der Waals surface area contributed by atoms with Gasteiger partial charge in [0.05, 0.1) is 24.7 Å². The molecule has 3 N–H and O–H groups in total. The minimum Gasteiger partial charge on any atom is -0.472 e.